The normalized spacial score (nSPS) is 13.5. The van der Waals surface area contributed by atoms with Crippen LogP contribution in [0.4, 0.5) is 0 Å². The lowest BCUT2D eigenvalue weighted by Gasteiger charge is -2.40. The lowest BCUT2D eigenvalue weighted by Crippen LogP contribution is -2.43. The van der Waals surface area contributed by atoms with Crippen molar-refractivity contribution in [2.75, 3.05) is 0 Å². The van der Waals surface area contributed by atoms with Crippen molar-refractivity contribution in [1.29, 1.82) is 0 Å². The van der Waals surface area contributed by atoms with Crippen LogP contribution in [0, 0.1) is 0 Å². The summed E-state index contributed by atoms with van der Waals surface area (Å²) >= 11 is 0. The molecule has 0 saturated carbocycles. The summed E-state index contributed by atoms with van der Waals surface area (Å²) in [5.74, 6) is -4.38. The lowest BCUT2D eigenvalue weighted by molar-refractivity contribution is -0.169. The molecule has 3 rings (SSSR count). The fraction of sp³-hybridized carbons (Fsp3) is 0.125. The molecule has 0 aliphatic rings. The first-order chi connectivity index (χ1) is 15.3. The van der Waals surface area contributed by atoms with Crippen molar-refractivity contribution >= 4 is 28.2 Å². The summed E-state index contributed by atoms with van der Waals surface area (Å²) < 4.78 is 6.05. The van der Waals surface area contributed by atoms with E-state index in [0.717, 1.165) is 0 Å². The second-order valence-corrected chi connectivity index (χ2v) is 9.73. The van der Waals surface area contributed by atoms with E-state index in [4.69, 9.17) is 9.29 Å². The second kappa shape index (κ2) is 9.67. The molecule has 0 aliphatic carbocycles. The molecule has 3 aromatic rings. The van der Waals surface area contributed by atoms with Crippen molar-refractivity contribution in [2.45, 2.75) is 33.1 Å². The summed E-state index contributed by atoms with van der Waals surface area (Å²) in [7, 11) is -2.66. The largest absolute Gasteiger partial charge is 0.481 e. The Balaban J connectivity index is 2.14. The fourth-order valence-corrected chi connectivity index (χ4v) is 6.32. The Kier molecular flexibility index (Phi) is 6.97. The van der Waals surface area contributed by atoms with Crippen LogP contribution < -0.4 is 0 Å². The molecule has 0 radical (unpaired) electrons. The third-order valence-electron chi connectivity index (χ3n) is 4.72. The fourth-order valence-electron chi connectivity index (χ4n) is 3.26. The van der Waals surface area contributed by atoms with Crippen LogP contribution in [-0.4, -0.2) is 38.8 Å². The Bertz CT molecular complexity index is 990. The molecule has 3 aromatic carbocycles. The predicted octanol–water partition coefficient (Wildman–Crippen LogP) is 4.11. The highest BCUT2D eigenvalue weighted by Crippen LogP contribution is 2.69. The quantitative estimate of drug-likeness (QED) is 0.445. The van der Waals surface area contributed by atoms with Gasteiger partial charge < -0.3 is 19.5 Å². The van der Waals surface area contributed by atoms with Gasteiger partial charge in [-0.05, 0) is 46.7 Å². The van der Waals surface area contributed by atoms with E-state index in [0.29, 0.717) is 14.7 Å². The molecule has 0 aliphatic heterocycles. The standard InChI is InChI=1S/C24H22O7S/c25-21(26)16-24(30,23(28)29)17-22(27)31-32(18-10-4-1-5-11-18,19-12-6-2-7-13-19)20-14-8-3-9-15-20/h1-15,30H,16-17H2,(H,25,26)(H,28,29). The van der Waals surface area contributed by atoms with Crippen molar-refractivity contribution in [2.24, 2.45) is 0 Å². The number of rotatable bonds is 9. The van der Waals surface area contributed by atoms with Gasteiger partial charge in [-0.1, -0.05) is 54.6 Å². The van der Waals surface area contributed by atoms with Crippen LogP contribution in [0.3, 0.4) is 0 Å². The average molecular weight is 455 g/mol. The summed E-state index contributed by atoms with van der Waals surface area (Å²) in [6.45, 7) is 0. The molecule has 7 nitrogen and oxygen atoms in total. The first kappa shape index (κ1) is 23.1. The number of carboxylic acid groups (broad SMARTS) is 2. The van der Waals surface area contributed by atoms with E-state index in [1.54, 1.807) is 36.4 Å². The first-order valence-corrected chi connectivity index (χ1v) is 11.2. The Morgan fingerprint density at radius 1 is 0.688 bits per heavy atom. The molecule has 3 N–H and O–H groups in total. The minimum Gasteiger partial charge on any atom is -0.481 e. The molecule has 0 spiro atoms. The van der Waals surface area contributed by atoms with Gasteiger partial charge in [0.05, 0.1) is 12.8 Å². The maximum Gasteiger partial charge on any atom is 0.336 e. The molecule has 1 atom stereocenters. The molecule has 0 bridgehead atoms. The van der Waals surface area contributed by atoms with Crippen molar-refractivity contribution in [1.82, 2.24) is 0 Å². The van der Waals surface area contributed by atoms with Gasteiger partial charge in [0.15, 0.2) is 5.60 Å². The number of carbonyl (C=O) groups excluding carboxylic acids is 1. The van der Waals surface area contributed by atoms with Gasteiger partial charge in [0.2, 0.25) is 0 Å². The average Bonchev–Trinajstić information content (AvgIpc) is 2.78. The van der Waals surface area contributed by atoms with E-state index < -0.39 is 46.7 Å². The van der Waals surface area contributed by atoms with Crippen LogP contribution in [-0.2, 0) is 18.6 Å². The minimum absolute atomic E-state index is 0.683. The molecule has 0 aromatic heterocycles. The number of aliphatic hydroxyl groups is 1. The van der Waals surface area contributed by atoms with E-state index in [9.17, 15) is 24.6 Å². The van der Waals surface area contributed by atoms with Crippen molar-refractivity contribution in [3.8, 4) is 0 Å². The van der Waals surface area contributed by atoms with Gasteiger partial charge in [0, 0.05) is 14.7 Å². The third-order valence-corrected chi connectivity index (χ3v) is 7.97. The highest BCUT2D eigenvalue weighted by atomic mass is 32.3. The summed E-state index contributed by atoms with van der Waals surface area (Å²) in [5.41, 5.74) is -2.79. The van der Waals surface area contributed by atoms with Crippen LogP contribution >= 0.6 is 10.3 Å². The number of benzene rings is 3. The van der Waals surface area contributed by atoms with Gasteiger partial charge in [-0.3, -0.25) is 9.59 Å². The number of aliphatic carboxylic acids is 2. The molecule has 32 heavy (non-hydrogen) atoms. The number of hydrogen-bond acceptors (Lipinski definition) is 5. The predicted molar refractivity (Wildman–Crippen MR) is 117 cm³/mol. The molecular weight excluding hydrogens is 432 g/mol. The van der Waals surface area contributed by atoms with Crippen LogP contribution in [0.1, 0.15) is 12.8 Å². The topological polar surface area (TPSA) is 121 Å². The molecule has 8 heteroatoms. The highest BCUT2D eigenvalue weighted by Gasteiger charge is 2.44. The van der Waals surface area contributed by atoms with Gasteiger partial charge in [0.1, 0.15) is 0 Å². The van der Waals surface area contributed by atoms with Gasteiger partial charge in [0.25, 0.3) is 0 Å². The number of hydrogen-bond donors (Lipinski definition) is 3. The van der Waals surface area contributed by atoms with Gasteiger partial charge in [-0.25, -0.2) is 4.79 Å². The minimum atomic E-state index is -2.79. The Labute approximate surface area is 186 Å². The smallest absolute Gasteiger partial charge is 0.336 e. The van der Waals surface area contributed by atoms with Gasteiger partial charge in [-0.15, -0.1) is 0 Å². The van der Waals surface area contributed by atoms with Crippen molar-refractivity contribution < 1.29 is 33.9 Å². The van der Waals surface area contributed by atoms with Crippen LogP contribution in [0.15, 0.2) is 106 Å². The monoisotopic (exact) mass is 454 g/mol. The Hall–Kier alpha value is -3.62. The lowest BCUT2D eigenvalue weighted by atomic mass is 9.96. The van der Waals surface area contributed by atoms with Crippen molar-refractivity contribution in [3.05, 3.63) is 91.0 Å². The van der Waals surface area contributed by atoms with Crippen molar-refractivity contribution in [3.63, 3.8) is 0 Å². The van der Waals surface area contributed by atoms with E-state index >= 15 is 0 Å². The zero-order chi connectivity index (χ0) is 23.2. The van der Waals surface area contributed by atoms with E-state index in [2.05, 4.69) is 0 Å². The molecule has 0 amide bonds. The Morgan fingerprint density at radius 2 is 1.06 bits per heavy atom. The molecule has 0 fully saturated rings. The zero-order valence-electron chi connectivity index (χ0n) is 17.0. The number of carboxylic acids is 2. The van der Waals surface area contributed by atoms with E-state index in [1.807, 2.05) is 54.6 Å². The second-order valence-electron chi connectivity index (χ2n) is 7.03. The molecule has 166 valence electrons. The van der Waals surface area contributed by atoms with E-state index in [-0.39, 0.29) is 0 Å². The SMILES string of the molecule is O=C(O)CC(O)(CC(=O)OS(c1ccccc1)(c1ccccc1)c1ccccc1)C(=O)O. The number of carbonyl (C=O) groups is 3. The van der Waals surface area contributed by atoms with Crippen LogP contribution in [0.2, 0.25) is 0 Å². The zero-order valence-corrected chi connectivity index (χ0v) is 17.8. The molecule has 1 unspecified atom stereocenters. The summed E-state index contributed by atoms with van der Waals surface area (Å²) in [4.78, 5) is 37.7. The summed E-state index contributed by atoms with van der Waals surface area (Å²) in [5, 5.41) is 28.7. The van der Waals surface area contributed by atoms with Crippen LogP contribution in [0.5, 0.6) is 0 Å². The third kappa shape index (κ3) is 4.82. The maximum absolute atomic E-state index is 13.1. The summed E-state index contributed by atoms with van der Waals surface area (Å²) in [6.07, 6.45) is -2.16. The first-order valence-electron chi connectivity index (χ1n) is 9.66. The highest BCUT2D eigenvalue weighted by molar-refractivity contribution is 8.30. The molecular formula is C24H22O7S. The summed E-state index contributed by atoms with van der Waals surface area (Å²) in [6, 6.07) is 27.1. The van der Waals surface area contributed by atoms with Crippen LogP contribution in [0.25, 0.3) is 0 Å². The maximum atomic E-state index is 13.1. The Morgan fingerprint density at radius 3 is 1.38 bits per heavy atom. The van der Waals surface area contributed by atoms with Gasteiger partial charge >= 0.3 is 17.9 Å². The molecule has 0 saturated heterocycles. The molecule has 0 heterocycles. The van der Waals surface area contributed by atoms with Gasteiger partial charge in [-0.2, -0.15) is 0 Å². The van der Waals surface area contributed by atoms with E-state index in [1.165, 1.54) is 0 Å².